The van der Waals surface area contributed by atoms with E-state index in [0.717, 1.165) is 13.8 Å². The van der Waals surface area contributed by atoms with Crippen LogP contribution in [0.2, 0.25) is 0 Å². The highest BCUT2D eigenvalue weighted by atomic mass is 16.7. The molecule has 0 atom stereocenters. The molecule has 0 saturated carbocycles. The van der Waals surface area contributed by atoms with Gasteiger partial charge in [0.25, 0.3) is 29.6 Å². The van der Waals surface area contributed by atoms with Gasteiger partial charge in [-0.2, -0.15) is 5.06 Å². The fourth-order valence-corrected chi connectivity index (χ4v) is 1.53. The summed E-state index contributed by atoms with van der Waals surface area (Å²) in [5.74, 6) is 0.982. The number of rotatable bonds is 2. The Hall–Kier alpha value is -4.27. The van der Waals surface area contributed by atoms with Crippen LogP contribution in [0, 0.1) is 24.7 Å². The lowest BCUT2D eigenvalue weighted by molar-refractivity contribution is -0.195. The summed E-state index contributed by atoms with van der Waals surface area (Å²) in [7, 11) is 0. The minimum Gasteiger partial charge on any atom is -0.481 e. The van der Waals surface area contributed by atoms with Crippen molar-refractivity contribution in [2.24, 2.45) is 5.73 Å². The van der Waals surface area contributed by atoms with E-state index in [0.29, 0.717) is 18.2 Å². The number of nitrogens with one attached hydrogen (secondary N) is 1. The molecule has 14 nitrogen and oxygen atoms in total. The first-order valence-corrected chi connectivity index (χ1v) is 9.34. The minimum atomic E-state index is -0.833. The van der Waals surface area contributed by atoms with Crippen LogP contribution >= 0.6 is 0 Å². The Labute approximate surface area is 196 Å². The summed E-state index contributed by atoms with van der Waals surface area (Å²) >= 11 is 0. The van der Waals surface area contributed by atoms with Gasteiger partial charge in [-0.25, -0.2) is 4.79 Å². The maximum atomic E-state index is 10.7. The maximum absolute atomic E-state index is 10.7. The van der Waals surface area contributed by atoms with Crippen LogP contribution < -0.4 is 11.1 Å². The first-order chi connectivity index (χ1) is 15.7. The molecule has 2 saturated heterocycles. The molecule has 0 aromatic heterocycles. The second-order valence-electron chi connectivity index (χ2n) is 5.81. The van der Waals surface area contributed by atoms with Gasteiger partial charge in [-0.15, -0.1) is 17.9 Å². The lowest BCUT2D eigenvalue weighted by Crippen LogP contribution is -2.30. The smallest absolute Gasteiger partial charge is 0.330 e. The summed E-state index contributed by atoms with van der Waals surface area (Å²) in [4.78, 5) is 75.6. The predicted octanol–water partition coefficient (Wildman–Crippen LogP) is -1.44. The molecule has 0 radical (unpaired) electrons. The molecule has 2 aliphatic rings. The molecule has 14 heteroatoms. The number of hydrogen-bond acceptors (Lipinski definition) is 10. The number of carboxylic acids is 1. The van der Waals surface area contributed by atoms with Crippen LogP contribution in [0.3, 0.4) is 0 Å². The Kier molecular flexibility index (Phi) is 20.8. The fraction of sp³-hybridized carbons (Fsp3) is 0.450. The van der Waals surface area contributed by atoms with Crippen molar-refractivity contribution in [1.82, 2.24) is 15.4 Å². The van der Waals surface area contributed by atoms with E-state index < -0.39 is 35.6 Å². The van der Waals surface area contributed by atoms with Gasteiger partial charge >= 0.3 is 5.97 Å². The zero-order valence-corrected chi connectivity index (χ0v) is 19.0. The van der Waals surface area contributed by atoms with Crippen LogP contribution in [-0.2, 0) is 38.4 Å². The van der Waals surface area contributed by atoms with Crippen molar-refractivity contribution in [3.63, 3.8) is 0 Å². The monoisotopic (exact) mass is 484 g/mol. The minimum absolute atomic E-state index is 0.0852. The Morgan fingerprint density at radius 1 is 0.941 bits per heavy atom. The average molecular weight is 484 g/mol. The molecule has 0 aromatic carbocycles. The third-order valence-corrected chi connectivity index (χ3v) is 2.81. The quantitative estimate of drug-likeness (QED) is 0.202. The van der Waals surface area contributed by atoms with Crippen molar-refractivity contribution in [2.45, 2.75) is 46.5 Å². The Morgan fingerprint density at radius 2 is 1.29 bits per heavy atom. The first kappa shape index (κ1) is 34.3. The Bertz CT molecular complexity index is 790. The Balaban J connectivity index is -0.000000375. The van der Waals surface area contributed by atoms with E-state index in [4.69, 9.17) is 27.3 Å². The number of hydroxylamine groups is 4. The van der Waals surface area contributed by atoms with Gasteiger partial charge in [0.1, 0.15) is 0 Å². The third kappa shape index (κ3) is 21.0. The Morgan fingerprint density at radius 3 is 1.47 bits per heavy atom. The van der Waals surface area contributed by atoms with Crippen LogP contribution in [0.5, 0.6) is 0 Å². The van der Waals surface area contributed by atoms with Crippen LogP contribution in [0.1, 0.15) is 46.5 Å². The van der Waals surface area contributed by atoms with Gasteiger partial charge < -0.3 is 21.0 Å². The summed E-state index contributed by atoms with van der Waals surface area (Å²) in [5.41, 5.74) is 4.79. The van der Waals surface area contributed by atoms with Gasteiger partial charge in [-0.05, 0) is 0 Å². The largest absolute Gasteiger partial charge is 0.481 e. The second-order valence-corrected chi connectivity index (χ2v) is 5.81. The summed E-state index contributed by atoms with van der Waals surface area (Å²) in [6.45, 7) is 4.32. The number of nitrogens with zero attached hydrogens (tertiary/aromatic N) is 2. The molecule has 0 bridgehead atoms. The second kappa shape index (κ2) is 20.6. The molecule has 34 heavy (non-hydrogen) atoms. The summed E-state index contributed by atoms with van der Waals surface area (Å²) < 4.78 is 0. The maximum Gasteiger partial charge on any atom is 0.330 e. The SMILES string of the molecule is C#CCN.C#CCNC(C)=O.CC(=O)O.CC(=O)ON1C(=O)CCC1=O.O=C1CCC(=O)N1O. The molecule has 2 aliphatic heterocycles. The van der Waals surface area contributed by atoms with Gasteiger partial charge in [0.2, 0.25) is 5.91 Å². The van der Waals surface area contributed by atoms with Gasteiger partial charge in [0, 0.05) is 46.5 Å². The van der Waals surface area contributed by atoms with Gasteiger partial charge in [-0.1, -0.05) is 11.8 Å². The van der Waals surface area contributed by atoms with Gasteiger partial charge in [-0.3, -0.25) is 34.0 Å². The number of aliphatic carboxylic acids is 1. The molecule has 2 fully saturated rings. The number of carbonyl (C=O) groups excluding carboxylic acids is 6. The van der Waals surface area contributed by atoms with Gasteiger partial charge in [0.05, 0.1) is 13.1 Å². The average Bonchev–Trinajstić information content (AvgIpc) is 3.22. The molecule has 188 valence electrons. The summed E-state index contributed by atoms with van der Waals surface area (Å²) in [6.07, 6.45) is 10.0. The lowest BCUT2D eigenvalue weighted by atomic mass is 10.4. The lowest BCUT2D eigenvalue weighted by Gasteiger charge is -2.09. The van der Waals surface area contributed by atoms with E-state index in [1.165, 1.54) is 6.92 Å². The molecule has 0 aromatic rings. The number of nitrogens with two attached hydrogens (primary N) is 1. The number of hydrogen-bond donors (Lipinski definition) is 4. The number of carbonyl (C=O) groups is 7. The zero-order valence-electron chi connectivity index (χ0n) is 19.0. The number of carboxylic acid groups (broad SMARTS) is 1. The highest BCUT2D eigenvalue weighted by Crippen LogP contribution is 2.11. The number of imide groups is 2. The molecule has 2 heterocycles. The predicted molar refractivity (Wildman–Crippen MR) is 114 cm³/mol. The molecule has 0 spiro atoms. The van der Waals surface area contributed by atoms with Crippen molar-refractivity contribution >= 4 is 41.5 Å². The molecule has 5 amide bonds. The van der Waals surface area contributed by atoms with E-state index >= 15 is 0 Å². The molecule has 0 aliphatic carbocycles. The normalized spacial score (nSPS) is 13.1. The van der Waals surface area contributed by atoms with Crippen molar-refractivity contribution < 1.29 is 48.7 Å². The third-order valence-electron chi connectivity index (χ3n) is 2.81. The standard InChI is InChI=1S/C6H7NO4.C5H7NO.C4H5NO3.C3H5N.C2H4O2/c1-4(8)11-7-5(9)2-3-6(7)10;1-3-4-6-5(2)7;6-3-1-2-4(7)5(3)8;1-2-3-4;1-2(3)4/h2-3H2,1H3;1H,4H2,2H3,(H,6,7);8H,1-2H2;1H,3-4H2;1H3,(H,3,4). The molecular formula is C20H28N4O10. The molecule has 0 unspecified atom stereocenters. The van der Waals surface area contributed by atoms with E-state index in [2.05, 4.69) is 28.4 Å². The molecule has 5 N–H and O–H groups in total. The van der Waals surface area contributed by atoms with Crippen molar-refractivity contribution in [1.29, 1.82) is 0 Å². The zero-order chi connectivity index (χ0) is 27.3. The van der Waals surface area contributed by atoms with E-state index in [1.54, 1.807) is 0 Å². The summed E-state index contributed by atoms with van der Waals surface area (Å²) in [6, 6.07) is 0. The number of amides is 5. The highest BCUT2D eigenvalue weighted by molar-refractivity contribution is 6.01. The first-order valence-electron chi connectivity index (χ1n) is 9.34. The van der Waals surface area contributed by atoms with Crippen molar-refractivity contribution in [2.75, 3.05) is 13.1 Å². The van der Waals surface area contributed by atoms with E-state index in [-0.39, 0.29) is 36.7 Å². The van der Waals surface area contributed by atoms with Gasteiger partial charge in [0.15, 0.2) is 0 Å². The van der Waals surface area contributed by atoms with Crippen molar-refractivity contribution in [3.8, 4) is 24.7 Å². The van der Waals surface area contributed by atoms with Crippen molar-refractivity contribution in [3.05, 3.63) is 0 Å². The van der Waals surface area contributed by atoms with Crippen LogP contribution in [0.25, 0.3) is 0 Å². The van der Waals surface area contributed by atoms with E-state index in [9.17, 15) is 28.8 Å². The van der Waals surface area contributed by atoms with Crippen LogP contribution in [0.4, 0.5) is 0 Å². The fourth-order valence-electron chi connectivity index (χ4n) is 1.53. The van der Waals surface area contributed by atoms with E-state index in [1.807, 2.05) is 0 Å². The topological polar surface area (TPSA) is 214 Å². The van der Waals surface area contributed by atoms with Crippen LogP contribution in [0.15, 0.2) is 0 Å². The highest BCUT2D eigenvalue weighted by Gasteiger charge is 2.31. The molecular weight excluding hydrogens is 456 g/mol. The number of terminal acetylenes is 2. The molecule has 2 rings (SSSR count). The van der Waals surface area contributed by atoms with Crippen LogP contribution in [-0.4, -0.2) is 75.0 Å². The summed E-state index contributed by atoms with van der Waals surface area (Å²) in [5, 5.41) is 18.9.